The summed E-state index contributed by atoms with van der Waals surface area (Å²) in [7, 11) is 0. The molecule has 2 amide bonds. The number of carbonyl (C=O) groups excluding carboxylic acids is 2. The van der Waals surface area contributed by atoms with Gasteiger partial charge in [-0.25, -0.2) is 0 Å². The number of carbonyl (C=O) groups is 2. The van der Waals surface area contributed by atoms with Crippen LogP contribution in [0, 0.1) is 0 Å². The van der Waals surface area contributed by atoms with Crippen LogP contribution in [0.25, 0.3) is 0 Å². The van der Waals surface area contributed by atoms with Crippen LogP contribution in [0.15, 0.2) is 36.7 Å². The first-order valence-corrected chi connectivity index (χ1v) is 9.76. The Morgan fingerprint density at radius 3 is 2.15 bits per heavy atom. The summed E-state index contributed by atoms with van der Waals surface area (Å²) in [4.78, 5) is 29.1. The van der Waals surface area contributed by atoms with Crippen LogP contribution in [-0.2, 0) is 12.8 Å². The lowest BCUT2D eigenvalue weighted by Crippen LogP contribution is -2.25. The van der Waals surface area contributed by atoms with Crippen LogP contribution in [0.5, 0.6) is 0 Å². The summed E-state index contributed by atoms with van der Waals surface area (Å²) in [6.07, 6.45) is 7.78. The molecular weight excluding hydrogens is 338 g/mol. The SMILES string of the molecule is CCCCCNC(=O)c1cncc(C(=O)Nc2c(CC)cccc2CC)c1. The average Bonchev–Trinajstić information content (AvgIpc) is 2.71. The molecular formula is C22H29N3O2. The highest BCUT2D eigenvalue weighted by Gasteiger charge is 2.14. The van der Waals surface area contributed by atoms with Gasteiger partial charge in [0.2, 0.25) is 0 Å². The fraction of sp³-hybridized carbons (Fsp3) is 0.409. The van der Waals surface area contributed by atoms with E-state index in [4.69, 9.17) is 0 Å². The van der Waals surface area contributed by atoms with Crippen molar-refractivity contribution >= 4 is 17.5 Å². The zero-order valence-corrected chi connectivity index (χ0v) is 16.5. The van der Waals surface area contributed by atoms with E-state index in [0.29, 0.717) is 17.7 Å². The summed E-state index contributed by atoms with van der Waals surface area (Å²) < 4.78 is 0. The Hall–Kier alpha value is -2.69. The summed E-state index contributed by atoms with van der Waals surface area (Å²) in [5.41, 5.74) is 3.84. The summed E-state index contributed by atoms with van der Waals surface area (Å²) >= 11 is 0. The van der Waals surface area contributed by atoms with Gasteiger partial charge < -0.3 is 10.6 Å². The Bertz CT molecular complexity index is 765. The van der Waals surface area contributed by atoms with Crippen LogP contribution < -0.4 is 10.6 Å². The number of anilines is 1. The molecule has 0 bridgehead atoms. The van der Waals surface area contributed by atoms with Gasteiger partial charge in [0.25, 0.3) is 11.8 Å². The van der Waals surface area contributed by atoms with Gasteiger partial charge in [-0.2, -0.15) is 0 Å². The number of hydrogen-bond acceptors (Lipinski definition) is 3. The molecule has 0 spiro atoms. The summed E-state index contributed by atoms with van der Waals surface area (Å²) in [6.45, 7) is 6.88. The number of aromatic nitrogens is 1. The number of para-hydroxylation sites is 1. The van der Waals surface area contributed by atoms with E-state index in [2.05, 4.69) is 36.4 Å². The predicted octanol–water partition coefficient (Wildman–Crippen LogP) is 4.38. The number of benzene rings is 1. The topological polar surface area (TPSA) is 71.1 Å². The van der Waals surface area contributed by atoms with Crippen molar-refractivity contribution in [2.75, 3.05) is 11.9 Å². The lowest BCUT2D eigenvalue weighted by molar-refractivity contribution is 0.0952. The Balaban J connectivity index is 2.13. The number of nitrogens with zero attached hydrogens (tertiary/aromatic N) is 1. The predicted molar refractivity (Wildman–Crippen MR) is 109 cm³/mol. The number of aryl methyl sites for hydroxylation is 2. The lowest BCUT2D eigenvalue weighted by atomic mass is 10.0. The third kappa shape index (κ3) is 5.64. The van der Waals surface area contributed by atoms with Crippen LogP contribution in [0.2, 0.25) is 0 Å². The molecule has 0 aliphatic carbocycles. The van der Waals surface area contributed by atoms with E-state index in [1.165, 1.54) is 12.4 Å². The molecule has 1 aromatic carbocycles. The second kappa shape index (κ2) is 10.5. The van der Waals surface area contributed by atoms with Crippen LogP contribution in [0.4, 0.5) is 5.69 Å². The summed E-state index contributed by atoms with van der Waals surface area (Å²) in [5, 5.41) is 5.89. The highest BCUT2D eigenvalue weighted by molar-refractivity contribution is 6.06. The van der Waals surface area contributed by atoms with Crippen molar-refractivity contribution in [1.82, 2.24) is 10.3 Å². The fourth-order valence-electron chi connectivity index (χ4n) is 2.96. The maximum absolute atomic E-state index is 12.7. The molecule has 2 N–H and O–H groups in total. The molecule has 0 radical (unpaired) electrons. The van der Waals surface area contributed by atoms with E-state index in [1.54, 1.807) is 6.07 Å². The van der Waals surface area contributed by atoms with Gasteiger partial charge in [-0.15, -0.1) is 0 Å². The molecule has 1 heterocycles. The third-order valence-corrected chi connectivity index (χ3v) is 4.57. The van der Waals surface area contributed by atoms with Crippen LogP contribution in [0.1, 0.15) is 71.9 Å². The van der Waals surface area contributed by atoms with Crippen molar-refractivity contribution < 1.29 is 9.59 Å². The first-order chi connectivity index (χ1) is 13.1. The molecule has 27 heavy (non-hydrogen) atoms. The Morgan fingerprint density at radius 2 is 1.56 bits per heavy atom. The summed E-state index contributed by atoms with van der Waals surface area (Å²) in [5.74, 6) is -0.449. The molecule has 0 saturated heterocycles. The van der Waals surface area contributed by atoms with Crippen molar-refractivity contribution in [3.8, 4) is 0 Å². The second-order valence-electron chi connectivity index (χ2n) is 6.54. The Labute approximate surface area is 161 Å². The molecule has 0 atom stereocenters. The number of hydrogen-bond donors (Lipinski definition) is 2. The molecule has 2 aromatic rings. The smallest absolute Gasteiger partial charge is 0.257 e. The van der Waals surface area contributed by atoms with Crippen LogP contribution in [0.3, 0.4) is 0 Å². The van der Waals surface area contributed by atoms with E-state index in [1.807, 2.05) is 18.2 Å². The molecule has 2 rings (SSSR count). The maximum Gasteiger partial charge on any atom is 0.257 e. The zero-order chi connectivity index (χ0) is 19.6. The van der Waals surface area contributed by atoms with E-state index in [9.17, 15) is 9.59 Å². The molecule has 5 nitrogen and oxygen atoms in total. The van der Waals surface area contributed by atoms with Crippen molar-refractivity contribution in [3.05, 3.63) is 58.9 Å². The largest absolute Gasteiger partial charge is 0.352 e. The van der Waals surface area contributed by atoms with Gasteiger partial charge in [0.05, 0.1) is 11.1 Å². The second-order valence-corrected chi connectivity index (χ2v) is 6.54. The number of nitrogens with one attached hydrogen (secondary N) is 2. The van der Waals surface area contributed by atoms with Crippen molar-refractivity contribution in [2.45, 2.75) is 52.9 Å². The standard InChI is InChI=1S/C22H29N3O2/c1-4-7-8-12-24-21(26)18-13-19(15-23-14-18)22(27)25-20-16(5-2)10-9-11-17(20)6-3/h9-11,13-15H,4-8,12H2,1-3H3,(H,24,26)(H,25,27). The van der Waals surface area contributed by atoms with E-state index in [0.717, 1.165) is 48.9 Å². The van der Waals surface area contributed by atoms with Gasteiger partial charge in [0.15, 0.2) is 0 Å². The van der Waals surface area contributed by atoms with Gasteiger partial charge >= 0.3 is 0 Å². The van der Waals surface area contributed by atoms with E-state index >= 15 is 0 Å². The first-order valence-electron chi connectivity index (χ1n) is 9.76. The first kappa shape index (κ1) is 20.6. The van der Waals surface area contributed by atoms with Crippen LogP contribution in [-0.4, -0.2) is 23.3 Å². The van der Waals surface area contributed by atoms with Crippen molar-refractivity contribution in [1.29, 1.82) is 0 Å². The minimum Gasteiger partial charge on any atom is -0.352 e. The van der Waals surface area contributed by atoms with Gasteiger partial charge in [-0.3, -0.25) is 14.6 Å². The molecule has 5 heteroatoms. The molecule has 0 aliphatic heterocycles. The highest BCUT2D eigenvalue weighted by Crippen LogP contribution is 2.23. The van der Waals surface area contributed by atoms with Gasteiger partial charge in [-0.05, 0) is 36.5 Å². The summed E-state index contributed by atoms with van der Waals surface area (Å²) in [6, 6.07) is 7.65. The van der Waals surface area contributed by atoms with Crippen LogP contribution >= 0.6 is 0 Å². The lowest BCUT2D eigenvalue weighted by Gasteiger charge is -2.14. The minimum absolute atomic E-state index is 0.198. The maximum atomic E-state index is 12.7. The minimum atomic E-state index is -0.251. The molecule has 0 saturated carbocycles. The van der Waals surface area contributed by atoms with Gasteiger partial charge in [0.1, 0.15) is 0 Å². The van der Waals surface area contributed by atoms with Crippen molar-refractivity contribution in [2.24, 2.45) is 0 Å². The van der Waals surface area contributed by atoms with E-state index < -0.39 is 0 Å². The molecule has 1 aromatic heterocycles. The number of rotatable bonds is 9. The highest BCUT2D eigenvalue weighted by atomic mass is 16.2. The Kier molecular flexibility index (Phi) is 7.99. The van der Waals surface area contributed by atoms with E-state index in [-0.39, 0.29) is 11.8 Å². The molecule has 0 fully saturated rings. The quantitative estimate of drug-likeness (QED) is 0.646. The van der Waals surface area contributed by atoms with Gasteiger partial charge in [0, 0.05) is 24.6 Å². The van der Waals surface area contributed by atoms with Crippen molar-refractivity contribution in [3.63, 3.8) is 0 Å². The Morgan fingerprint density at radius 1 is 0.926 bits per heavy atom. The normalized spacial score (nSPS) is 10.5. The number of amides is 2. The fourth-order valence-corrected chi connectivity index (χ4v) is 2.96. The molecule has 144 valence electrons. The third-order valence-electron chi connectivity index (χ3n) is 4.57. The zero-order valence-electron chi connectivity index (χ0n) is 16.5. The monoisotopic (exact) mass is 367 g/mol. The average molecular weight is 367 g/mol. The molecule has 0 unspecified atom stereocenters. The molecule has 0 aliphatic rings. The number of unbranched alkanes of at least 4 members (excludes halogenated alkanes) is 2. The number of pyridine rings is 1. The van der Waals surface area contributed by atoms with Gasteiger partial charge in [-0.1, -0.05) is 51.8 Å².